The van der Waals surface area contributed by atoms with E-state index in [4.69, 9.17) is 0 Å². The van der Waals surface area contributed by atoms with Crippen LogP contribution in [-0.2, 0) is 16.6 Å². The summed E-state index contributed by atoms with van der Waals surface area (Å²) in [5, 5.41) is 11.1. The summed E-state index contributed by atoms with van der Waals surface area (Å²) >= 11 is 1.21. The van der Waals surface area contributed by atoms with Crippen molar-refractivity contribution in [3.63, 3.8) is 0 Å². The van der Waals surface area contributed by atoms with Gasteiger partial charge in [0.25, 0.3) is 0 Å². The van der Waals surface area contributed by atoms with Crippen molar-refractivity contribution in [2.45, 2.75) is 23.8 Å². The topological polar surface area (TPSA) is 81.0 Å². The molecule has 8 heteroatoms. The Morgan fingerprint density at radius 2 is 1.95 bits per heavy atom. The second-order valence-electron chi connectivity index (χ2n) is 4.80. The predicted octanol–water partition coefficient (Wildman–Crippen LogP) is 0.943. The van der Waals surface area contributed by atoms with E-state index in [9.17, 15) is 9.59 Å². The van der Waals surface area contributed by atoms with E-state index in [1.165, 1.54) is 21.3 Å². The summed E-state index contributed by atoms with van der Waals surface area (Å²) in [5.41, 5.74) is 1.68. The van der Waals surface area contributed by atoms with E-state index in [1.54, 1.807) is 19.2 Å². The summed E-state index contributed by atoms with van der Waals surface area (Å²) in [5.74, 6) is -0.423. The Bertz CT molecular complexity index is 697. The van der Waals surface area contributed by atoms with E-state index >= 15 is 0 Å². The number of benzene rings is 1. The summed E-state index contributed by atoms with van der Waals surface area (Å²) < 4.78 is 1.48. The quantitative estimate of drug-likeness (QED) is 0.785. The number of aromatic nitrogens is 4. The van der Waals surface area contributed by atoms with Crippen LogP contribution in [0, 0.1) is 6.92 Å². The van der Waals surface area contributed by atoms with Crippen LogP contribution in [0.3, 0.4) is 0 Å². The van der Waals surface area contributed by atoms with Crippen LogP contribution in [0.5, 0.6) is 0 Å². The number of hydrogen-bond donors (Lipinski definition) is 0. The molecule has 1 fully saturated rings. The number of amides is 2. The molecule has 0 N–H and O–H groups in total. The third-order valence-electron chi connectivity index (χ3n) is 3.23. The summed E-state index contributed by atoms with van der Waals surface area (Å²) in [4.78, 5) is 25.8. The summed E-state index contributed by atoms with van der Waals surface area (Å²) in [7, 11) is 1.70. The maximum Gasteiger partial charge on any atom is 0.247 e. The number of carbonyl (C=O) groups is 2. The molecule has 1 aliphatic heterocycles. The highest BCUT2D eigenvalue weighted by atomic mass is 32.2. The van der Waals surface area contributed by atoms with Crippen LogP contribution in [0.4, 0.5) is 5.69 Å². The smallest absolute Gasteiger partial charge is 0.247 e. The average Bonchev–Trinajstić information content (AvgIpc) is 2.97. The molecule has 108 valence electrons. The third kappa shape index (κ3) is 2.54. The number of tetrazole rings is 1. The molecule has 0 bridgehead atoms. The molecular weight excluding hydrogens is 290 g/mol. The largest absolute Gasteiger partial charge is 0.274 e. The minimum absolute atomic E-state index is 0.157. The first kappa shape index (κ1) is 13.7. The van der Waals surface area contributed by atoms with Gasteiger partial charge >= 0.3 is 0 Å². The van der Waals surface area contributed by atoms with Gasteiger partial charge in [-0.15, -0.1) is 5.10 Å². The van der Waals surface area contributed by atoms with Gasteiger partial charge in [0.1, 0.15) is 5.25 Å². The summed E-state index contributed by atoms with van der Waals surface area (Å²) in [6, 6.07) is 7.32. The van der Waals surface area contributed by atoms with E-state index in [-0.39, 0.29) is 18.2 Å². The third-order valence-corrected chi connectivity index (χ3v) is 4.44. The summed E-state index contributed by atoms with van der Waals surface area (Å²) in [6.45, 7) is 1.96. The molecule has 7 nitrogen and oxygen atoms in total. The fraction of sp³-hybridized carbons (Fsp3) is 0.308. The molecule has 2 aromatic rings. The molecule has 1 aromatic heterocycles. The fourth-order valence-corrected chi connectivity index (χ4v) is 3.07. The number of rotatable bonds is 3. The Hall–Kier alpha value is -2.22. The highest BCUT2D eigenvalue weighted by molar-refractivity contribution is 8.00. The van der Waals surface area contributed by atoms with Crippen molar-refractivity contribution in [1.29, 1.82) is 0 Å². The lowest BCUT2D eigenvalue weighted by Crippen LogP contribution is -2.31. The van der Waals surface area contributed by atoms with Crippen molar-refractivity contribution in [1.82, 2.24) is 20.2 Å². The van der Waals surface area contributed by atoms with Gasteiger partial charge in [0.2, 0.25) is 17.0 Å². The molecule has 3 rings (SSSR count). The highest BCUT2D eigenvalue weighted by Gasteiger charge is 2.40. The van der Waals surface area contributed by atoms with E-state index < -0.39 is 5.25 Å². The number of nitrogens with zero attached hydrogens (tertiary/aromatic N) is 5. The van der Waals surface area contributed by atoms with Crippen molar-refractivity contribution in [3.8, 4) is 0 Å². The van der Waals surface area contributed by atoms with E-state index in [0.29, 0.717) is 10.8 Å². The van der Waals surface area contributed by atoms with Gasteiger partial charge in [-0.1, -0.05) is 29.5 Å². The zero-order chi connectivity index (χ0) is 15.0. The fourth-order valence-electron chi connectivity index (χ4n) is 2.11. The minimum Gasteiger partial charge on any atom is -0.274 e. The number of thioether (sulfide) groups is 1. The maximum atomic E-state index is 12.4. The Morgan fingerprint density at radius 1 is 1.24 bits per heavy atom. The molecule has 0 radical (unpaired) electrons. The molecule has 2 heterocycles. The lowest BCUT2D eigenvalue weighted by atomic mass is 10.2. The SMILES string of the molecule is Cc1ccc(N2C(=O)CC(Sc3nnnn3C)C2=O)cc1. The van der Waals surface area contributed by atoms with E-state index in [1.807, 2.05) is 19.1 Å². The van der Waals surface area contributed by atoms with E-state index in [2.05, 4.69) is 15.5 Å². The molecule has 0 saturated carbocycles. The molecule has 1 saturated heterocycles. The Kier molecular flexibility index (Phi) is 3.46. The second-order valence-corrected chi connectivity index (χ2v) is 5.97. The maximum absolute atomic E-state index is 12.4. The van der Waals surface area contributed by atoms with Crippen LogP contribution < -0.4 is 4.90 Å². The lowest BCUT2D eigenvalue weighted by Gasteiger charge is -2.14. The standard InChI is InChI=1S/C13H13N5O2S/c1-8-3-5-9(6-4-8)18-11(19)7-10(12(18)20)21-13-14-15-16-17(13)2/h3-6,10H,7H2,1-2H3. The van der Waals surface area contributed by atoms with E-state index in [0.717, 1.165) is 5.56 Å². The van der Waals surface area contributed by atoms with Crippen molar-refractivity contribution < 1.29 is 9.59 Å². The van der Waals surface area contributed by atoms with Crippen molar-refractivity contribution in [2.24, 2.45) is 7.05 Å². The van der Waals surface area contributed by atoms with Gasteiger partial charge in [-0.2, -0.15) is 0 Å². The predicted molar refractivity (Wildman–Crippen MR) is 76.7 cm³/mol. The second kappa shape index (κ2) is 5.28. The zero-order valence-electron chi connectivity index (χ0n) is 11.6. The van der Waals surface area contributed by atoms with Crippen LogP contribution in [0.2, 0.25) is 0 Å². The first-order chi connectivity index (χ1) is 10.1. The molecule has 2 amide bonds. The highest BCUT2D eigenvalue weighted by Crippen LogP contribution is 2.32. The van der Waals surface area contributed by atoms with Crippen LogP contribution in [0.1, 0.15) is 12.0 Å². The molecule has 21 heavy (non-hydrogen) atoms. The molecule has 0 aliphatic carbocycles. The number of aryl methyl sites for hydroxylation is 2. The summed E-state index contributed by atoms with van der Waals surface area (Å²) in [6.07, 6.45) is 0.157. The van der Waals surface area contributed by atoms with Crippen LogP contribution in [-0.4, -0.2) is 37.3 Å². The van der Waals surface area contributed by atoms with Gasteiger partial charge in [-0.05, 0) is 29.5 Å². The first-order valence-corrected chi connectivity index (χ1v) is 7.26. The van der Waals surface area contributed by atoms with Crippen LogP contribution in [0.25, 0.3) is 0 Å². The van der Waals surface area contributed by atoms with Gasteiger partial charge in [0.15, 0.2) is 0 Å². The number of anilines is 1. The normalized spacial score (nSPS) is 18.6. The minimum atomic E-state index is -0.483. The first-order valence-electron chi connectivity index (χ1n) is 6.39. The van der Waals surface area contributed by atoms with Gasteiger partial charge in [0.05, 0.1) is 5.69 Å². The zero-order valence-corrected chi connectivity index (χ0v) is 12.4. The average molecular weight is 303 g/mol. The Labute approximate surface area is 125 Å². The lowest BCUT2D eigenvalue weighted by molar-refractivity contribution is -0.121. The molecule has 1 aromatic carbocycles. The van der Waals surface area contributed by atoms with Crippen LogP contribution in [0.15, 0.2) is 29.4 Å². The number of hydrogen-bond acceptors (Lipinski definition) is 6. The molecule has 1 atom stereocenters. The van der Waals surface area contributed by atoms with Gasteiger partial charge in [-0.25, -0.2) is 9.58 Å². The number of carbonyl (C=O) groups excluding carboxylic acids is 2. The van der Waals surface area contributed by atoms with Gasteiger partial charge in [0, 0.05) is 13.5 Å². The van der Waals surface area contributed by atoms with Gasteiger partial charge in [-0.3, -0.25) is 9.59 Å². The molecule has 1 unspecified atom stereocenters. The monoisotopic (exact) mass is 303 g/mol. The Balaban J connectivity index is 1.82. The van der Waals surface area contributed by atoms with Crippen molar-refractivity contribution in [3.05, 3.63) is 29.8 Å². The van der Waals surface area contributed by atoms with Crippen molar-refractivity contribution >= 4 is 29.3 Å². The van der Waals surface area contributed by atoms with Gasteiger partial charge < -0.3 is 0 Å². The molecule has 0 spiro atoms. The Morgan fingerprint density at radius 3 is 2.57 bits per heavy atom. The van der Waals surface area contributed by atoms with Crippen LogP contribution >= 0.6 is 11.8 Å². The van der Waals surface area contributed by atoms with Crippen molar-refractivity contribution in [2.75, 3.05) is 4.90 Å². The number of imide groups is 1. The molecule has 1 aliphatic rings. The molecular formula is C13H13N5O2S.